The molecule has 0 aliphatic rings. The van der Waals surface area contributed by atoms with Gasteiger partial charge in [-0.2, -0.15) is 0 Å². The third kappa shape index (κ3) is 6.20. The second-order valence-electron chi connectivity index (χ2n) is 7.45. The topological polar surface area (TPSA) is 150 Å². The maximum atomic E-state index is 13.2. The number of benzene rings is 2. The molecule has 11 heteroatoms. The van der Waals surface area contributed by atoms with Gasteiger partial charge in [-0.1, -0.05) is 29.4 Å². The first-order valence-corrected chi connectivity index (χ1v) is 11.3. The van der Waals surface area contributed by atoms with Crippen molar-refractivity contribution in [3.8, 4) is 11.3 Å². The van der Waals surface area contributed by atoms with Crippen LogP contribution in [0.25, 0.3) is 21.7 Å². The Morgan fingerprint density at radius 3 is 2.40 bits per heavy atom. The second-order valence-corrected chi connectivity index (χ2v) is 8.34. The monoisotopic (exact) mass is 484 g/mol. The summed E-state index contributed by atoms with van der Waals surface area (Å²) in [7, 11) is 0. The highest BCUT2D eigenvalue weighted by Crippen LogP contribution is 2.24. The van der Waals surface area contributed by atoms with Gasteiger partial charge in [0.05, 0.1) is 5.69 Å². The van der Waals surface area contributed by atoms with Crippen LogP contribution in [-0.2, 0) is 11.3 Å². The van der Waals surface area contributed by atoms with Crippen molar-refractivity contribution in [2.24, 2.45) is 5.11 Å². The number of azide groups is 1. The minimum absolute atomic E-state index is 0.163. The number of nitrogens with zero attached hydrogens (tertiary/aromatic N) is 6. The van der Waals surface area contributed by atoms with Gasteiger partial charge in [0.15, 0.2) is 5.13 Å². The number of rotatable bonds is 8. The largest absolute Gasteiger partial charge is 0.375 e. The highest BCUT2D eigenvalue weighted by Gasteiger charge is 2.20. The molecule has 10 nitrogen and oxygen atoms in total. The first kappa shape index (κ1) is 23.4. The van der Waals surface area contributed by atoms with Crippen molar-refractivity contribution in [1.82, 2.24) is 14.9 Å². The molecule has 4 rings (SSSR count). The van der Waals surface area contributed by atoms with E-state index in [9.17, 15) is 9.59 Å². The fourth-order valence-corrected chi connectivity index (χ4v) is 3.90. The molecule has 4 aromatic rings. The van der Waals surface area contributed by atoms with E-state index in [2.05, 4.69) is 25.3 Å². The van der Waals surface area contributed by atoms with Crippen molar-refractivity contribution in [2.75, 3.05) is 17.6 Å². The number of thiazole rings is 1. The zero-order valence-electron chi connectivity index (χ0n) is 18.4. The zero-order chi connectivity index (χ0) is 24.6. The van der Waals surface area contributed by atoms with Gasteiger partial charge in [0.25, 0.3) is 5.91 Å². The molecule has 0 bridgehead atoms. The molecule has 0 atom stereocenters. The van der Waals surface area contributed by atoms with Gasteiger partial charge in [-0.05, 0) is 47.5 Å². The van der Waals surface area contributed by atoms with Crippen LogP contribution in [0, 0.1) is 0 Å². The van der Waals surface area contributed by atoms with E-state index >= 15 is 0 Å². The summed E-state index contributed by atoms with van der Waals surface area (Å²) >= 11 is 1.36. The number of amides is 2. The van der Waals surface area contributed by atoms with E-state index in [4.69, 9.17) is 11.3 Å². The van der Waals surface area contributed by atoms with Gasteiger partial charge in [0, 0.05) is 51.7 Å². The van der Waals surface area contributed by atoms with Crippen LogP contribution in [0.15, 0.2) is 83.6 Å². The van der Waals surface area contributed by atoms with Crippen molar-refractivity contribution in [1.29, 1.82) is 0 Å². The van der Waals surface area contributed by atoms with E-state index in [-0.39, 0.29) is 24.9 Å². The average Bonchev–Trinajstić information content (AvgIpc) is 3.31. The van der Waals surface area contributed by atoms with Crippen LogP contribution in [0.2, 0.25) is 0 Å². The predicted octanol–water partition coefficient (Wildman–Crippen LogP) is 5.01. The van der Waals surface area contributed by atoms with Crippen molar-refractivity contribution in [3.05, 3.63) is 100 Å². The highest BCUT2D eigenvalue weighted by molar-refractivity contribution is 7.13. The van der Waals surface area contributed by atoms with Gasteiger partial charge in [0.1, 0.15) is 6.54 Å². The average molecular weight is 485 g/mol. The van der Waals surface area contributed by atoms with E-state index in [1.807, 2.05) is 17.5 Å². The summed E-state index contributed by atoms with van der Waals surface area (Å²) in [6.45, 7) is 0.0562. The zero-order valence-corrected chi connectivity index (χ0v) is 19.2. The number of nitrogen functional groups attached to an aromatic ring is 1. The third-order valence-corrected chi connectivity index (χ3v) is 5.68. The highest BCUT2D eigenvalue weighted by atomic mass is 32.1. The Labute approximate surface area is 204 Å². The number of aromatic nitrogens is 2. The molecule has 0 aliphatic carbocycles. The van der Waals surface area contributed by atoms with Gasteiger partial charge in [0.2, 0.25) is 5.91 Å². The molecule has 174 valence electrons. The van der Waals surface area contributed by atoms with Crippen molar-refractivity contribution < 1.29 is 9.59 Å². The normalized spacial score (nSPS) is 10.3. The van der Waals surface area contributed by atoms with Crippen LogP contribution in [0.3, 0.4) is 0 Å². The summed E-state index contributed by atoms with van der Waals surface area (Å²) in [6.07, 6.45) is 3.26. The van der Waals surface area contributed by atoms with E-state index in [1.165, 1.54) is 16.2 Å². The summed E-state index contributed by atoms with van der Waals surface area (Å²) in [6, 6.07) is 17.0. The molecule has 0 saturated heterocycles. The van der Waals surface area contributed by atoms with Crippen molar-refractivity contribution in [3.63, 3.8) is 0 Å². The van der Waals surface area contributed by atoms with Crippen LogP contribution >= 0.6 is 11.3 Å². The lowest BCUT2D eigenvalue weighted by Crippen LogP contribution is -2.37. The molecule has 0 spiro atoms. The fourth-order valence-electron chi connectivity index (χ4n) is 3.33. The molecule has 0 unspecified atom stereocenters. The number of nitrogens with two attached hydrogens (primary N) is 1. The molecule has 2 aromatic carbocycles. The summed E-state index contributed by atoms with van der Waals surface area (Å²) < 4.78 is 0. The molecule has 35 heavy (non-hydrogen) atoms. The number of pyridine rings is 1. The molecule has 2 amide bonds. The summed E-state index contributed by atoms with van der Waals surface area (Å²) in [5.41, 5.74) is 18.1. The summed E-state index contributed by atoms with van der Waals surface area (Å²) in [4.78, 5) is 38.5. The Kier molecular flexibility index (Phi) is 7.31. The number of carbonyl (C=O) groups is 2. The van der Waals surface area contributed by atoms with E-state index in [0.29, 0.717) is 22.1 Å². The number of carbonyl (C=O) groups excluding carboxylic acids is 2. The predicted molar refractivity (Wildman–Crippen MR) is 135 cm³/mol. The maximum Gasteiger partial charge on any atom is 0.254 e. The van der Waals surface area contributed by atoms with Crippen LogP contribution in [0.5, 0.6) is 0 Å². The van der Waals surface area contributed by atoms with E-state index in [0.717, 1.165) is 16.8 Å². The minimum atomic E-state index is -0.344. The van der Waals surface area contributed by atoms with Gasteiger partial charge in [-0.25, -0.2) is 4.98 Å². The Bertz CT molecular complexity index is 1360. The van der Waals surface area contributed by atoms with E-state index < -0.39 is 0 Å². The van der Waals surface area contributed by atoms with Crippen molar-refractivity contribution in [2.45, 2.75) is 6.54 Å². The Morgan fingerprint density at radius 1 is 1.06 bits per heavy atom. The minimum Gasteiger partial charge on any atom is -0.375 e. The molecule has 3 N–H and O–H groups in total. The van der Waals surface area contributed by atoms with Crippen LogP contribution in [0.4, 0.5) is 16.5 Å². The molecule has 2 aromatic heterocycles. The Hall–Kier alpha value is -4.73. The smallest absolute Gasteiger partial charge is 0.254 e. The molecule has 0 saturated carbocycles. The van der Waals surface area contributed by atoms with E-state index in [1.54, 1.807) is 60.9 Å². The molecule has 0 aliphatic heterocycles. The number of nitrogens with one attached hydrogen (secondary N) is 1. The molecule has 0 radical (unpaired) electrons. The molecule has 0 fully saturated rings. The summed E-state index contributed by atoms with van der Waals surface area (Å²) in [5.74, 6) is -0.676. The van der Waals surface area contributed by atoms with Gasteiger partial charge < -0.3 is 16.0 Å². The number of anilines is 2. The SMILES string of the molecule is [N-]=[N+]=Nc1ccc(C(=O)N(CC(=O)Nc2ccc(-c3csc(N)n3)cc2)Cc2ccncc2)cc1. The molecular weight excluding hydrogens is 464 g/mol. The van der Waals surface area contributed by atoms with Gasteiger partial charge >= 0.3 is 0 Å². The maximum absolute atomic E-state index is 13.2. The summed E-state index contributed by atoms with van der Waals surface area (Å²) in [5, 5.41) is 8.70. The first-order valence-electron chi connectivity index (χ1n) is 10.5. The third-order valence-electron chi connectivity index (χ3n) is 5.01. The van der Waals surface area contributed by atoms with Crippen LogP contribution in [-0.4, -0.2) is 33.2 Å². The lowest BCUT2D eigenvalue weighted by Gasteiger charge is -2.22. The van der Waals surface area contributed by atoms with Gasteiger partial charge in [-0.3, -0.25) is 14.6 Å². The van der Waals surface area contributed by atoms with Crippen LogP contribution < -0.4 is 11.1 Å². The fraction of sp³-hybridized carbons (Fsp3) is 0.0833. The first-order chi connectivity index (χ1) is 17.0. The lowest BCUT2D eigenvalue weighted by atomic mass is 10.1. The van der Waals surface area contributed by atoms with Crippen molar-refractivity contribution >= 4 is 39.7 Å². The molecular formula is C24H20N8O2S. The Morgan fingerprint density at radius 2 is 1.77 bits per heavy atom. The van der Waals surface area contributed by atoms with Gasteiger partial charge in [-0.15, -0.1) is 11.3 Å². The standard InChI is InChI=1S/C24H20N8O2S/c25-24-29-21(15-35-24)17-1-5-19(6-2-17)28-22(33)14-32(13-16-9-11-27-12-10-16)23(34)18-3-7-20(8-4-18)30-31-26/h1-12,15H,13-14H2,(H2,25,29)(H,28,33). The second kappa shape index (κ2) is 10.9. The van der Waals surface area contributed by atoms with Crippen LogP contribution in [0.1, 0.15) is 15.9 Å². The number of hydrogen-bond donors (Lipinski definition) is 2. The number of hydrogen-bond acceptors (Lipinski definition) is 7. The lowest BCUT2D eigenvalue weighted by molar-refractivity contribution is -0.117. The quantitative estimate of drug-likeness (QED) is 0.205. The molecule has 2 heterocycles. The Balaban J connectivity index is 1.48.